The smallest absolute Gasteiger partial charge is 0.274 e. The number of benzene rings is 2. The van der Waals surface area contributed by atoms with Crippen LogP contribution in [0.1, 0.15) is 42.9 Å². The number of ether oxygens (including phenoxy) is 2. The minimum atomic E-state index is -0.367. The Hall–Kier alpha value is -3.35. The van der Waals surface area contributed by atoms with Gasteiger partial charge < -0.3 is 14.8 Å². The van der Waals surface area contributed by atoms with Crippen LogP contribution < -0.4 is 20.3 Å². The molecule has 1 aromatic heterocycles. The van der Waals surface area contributed by atoms with Gasteiger partial charge in [0.1, 0.15) is 11.5 Å². The van der Waals surface area contributed by atoms with E-state index < -0.39 is 0 Å². The van der Waals surface area contributed by atoms with E-state index in [2.05, 4.69) is 10.4 Å². The number of amides is 1. The van der Waals surface area contributed by atoms with Crippen molar-refractivity contribution >= 4 is 16.7 Å². The van der Waals surface area contributed by atoms with Crippen molar-refractivity contribution in [3.05, 3.63) is 64.1 Å². The monoisotopic (exact) mass is 409 g/mol. The van der Waals surface area contributed by atoms with Gasteiger partial charge in [0.25, 0.3) is 11.5 Å². The van der Waals surface area contributed by atoms with Gasteiger partial charge in [-0.3, -0.25) is 9.59 Å². The second-order valence-electron chi connectivity index (χ2n) is 7.58. The molecule has 0 unspecified atom stereocenters. The first-order valence-electron chi connectivity index (χ1n) is 9.88. The van der Waals surface area contributed by atoms with Gasteiger partial charge in [0.15, 0.2) is 5.69 Å². The van der Waals surface area contributed by atoms with Crippen LogP contribution in [-0.2, 0) is 6.54 Å². The number of carbonyl (C=O) groups is 1. The van der Waals surface area contributed by atoms with E-state index in [0.29, 0.717) is 28.8 Å². The van der Waals surface area contributed by atoms with Gasteiger partial charge >= 0.3 is 0 Å². The van der Waals surface area contributed by atoms with Crippen molar-refractivity contribution in [1.82, 2.24) is 15.1 Å². The highest BCUT2D eigenvalue weighted by molar-refractivity contribution is 6.04. The summed E-state index contributed by atoms with van der Waals surface area (Å²) in [7, 11) is 3.17. The summed E-state index contributed by atoms with van der Waals surface area (Å²) >= 11 is 0. The maximum absolute atomic E-state index is 13.2. The first-order valence-corrected chi connectivity index (χ1v) is 9.88. The molecule has 30 heavy (non-hydrogen) atoms. The fraction of sp³-hybridized carbons (Fsp3) is 0.348. The number of nitrogens with one attached hydrogen (secondary N) is 1. The van der Waals surface area contributed by atoms with Crippen LogP contribution in [0.3, 0.4) is 0 Å². The molecule has 7 heteroatoms. The topological polar surface area (TPSA) is 82.4 Å². The van der Waals surface area contributed by atoms with Crippen LogP contribution in [0, 0.1) is 5.92 Å². The third-order valence-corrected chi connectivity index (χ3v) is 4.87. The second kappa shape index (κ2) is 8.98. The molecule has 7 nitrogen and oxygen atoms in total. The summed E-state index contributed by atoms with van der Waals surface area (Å²) in [6, 6.07) is 12.1. The maximum Gasteiger partial charge on any atom is 0.274 e. The predicted molar refractivity (Wildman–Crippen MR) is 116 cm³/mol. The van der Waals surface area contributed by atoms with E-state index in [-0.39, 0.29) is 29.1 Å². The molecule has 158 valence electrons. The van der Waals surface area contributed by atoms with E-state index in [9.17, 15) is 9.59 Å². The first-order chi connectivity index (χ1) is 14.3. The van der Waals surface area contributed by atoms with Crippen molar-refractivity contribution in [2.75, 3.05) is 14.2 Å². The lowest BCUT2D eigenvalue weighted by Crippen LogP contribution is -2.33. The zero-order valence-electron chi connectivity index (χ0n) is 17.9. The normalized spacial score (nSPS) is 12.1. The fourth-order valence-electron chi connectivity index (χ4n) is 3.39. The average molecular weight is 409 g/mol. The zero-order chi connectivity index (χ0) is 21.8. The SMILES string of the molecule is COc1ccc(OC)c([C@@H](C)NC(=O)c2nn(CC(C)C)c(=O)c3ccccc23)c1. The molecule has 2 aromatic carbocycles. The van der Waals surface area contributed by atoms with Gasteiger partial charge in [0.2, 0.25) is 0 Å². The lowest BCUT2D eigenvalue weighted by molar-refractivity contribution is 0.0933. The number of methoxy groups -OCH3 is 2. The van der Waals surface area contributed by atoms with Gasteiger partial charge in [-0.05, 0) is 37.1 Å². The van der Waals surface area contributed by atoms with Gasteiger partial charge in [-0.15, -0.1) is 0 Å². The largest absolute Gasteiger partial charge is 0.497 e. The van der Waals surface area contributed by atoms with Crippen LogP contribution in [0.4, 0.5) is 0 Å². The number of nitrogens with zero attached hydrogens (tertiary/aromatic N) is 2. The number of rotatable bonds is 7. The Morgan fingerprint density at radius 3 is 2.40 bits per heavy atom. The quantitative estimate of drug-likeness (QED) is 0.645. The Morgan fingerprint density at radius 1 is 1.07 bits per heavy atom. The summed E-state index contributed by atoms with van der Waals surface area (Å²) < 4.78 is 12.1. The summed E-state index contributed by atoms with van der Waals surface area (Å²) in [5.74, 6) is 1.17. The minimum Gasteiger partial charge on any atom is -0.497 e. The van der Waals surface area contributed by atoms with Crippen molar-refractivity contribution in [1.29, 1.82) is 0 Å². The molecule has 3 rings (SSSR count). The van der Waals surface area contributed by atoms with Gasteiger partial charge in [0.05, 0.1) is 25.6 Å². The lowest BCUT2D eigenvalue weighted by atomic mass is 10.1. The highest BCUT2D eigenvalue weighted by Crippen LogP contribution is 2.29. The molecule has 1 heterocycles. The molecule has 1 amide bonds. The first kappa shape index (κ1) is 21.4. The highest BCUT2D eigenvalue weighted by atomic mass is 16.5. The summed E-state index contributed by atoms with van der Waals surface area (Å²) in [6.07, 6.45) is 0. The zero-order valence-corrected chi connectivity index (χ0v) is 17.9. The van der Waals surface area contributed by atoms with Crippen LogP contribution >= 0.6 is 0 Å². The van der Waals surface area contributed by atoms with Gasteiger partial charge in [-0.1, -0.05) is 32.0 Å². The van der Waals surface area contributed by atoms with Crippen molar-refractivity contribution in [3.63, 3.8) is 0 Å². The maximum atomic E-state index is 13.2. The van der Waals surface area contributed by atoms with Gasteiger partial charge in [-0.25, -0.2) is 4.68 Å². The van der Waals surface area contributed by atoms with E-state index in [1.54, 1.807) is 50.6 Å². The number of carbonyl (C=O) groups excluding carboxylic acids is 1. The molecule has 0 saturated heterocycles. The number of hydrogen-bond donors (Lipinski definition) is 1. The molecule has 0 aliphatic rings. The van der Waals surface area contributed by atoms with E-state index >= 15 is 0 Å². The van der Waals surface area contributed by atoms with E-state index in [0.717, 1.165) is 5.56 Å². The standard InChI is InChI=1S/C23H27N3O4/c1-14(2)13-26-23(28)18-9-7-6-8-17(18)21(25-26)22(27)24-15(3)19-12-16(29-4)10-11-20(19)30-5/h6-12,14-15H,13H2,1-5H3,(H,24,27)/t15-/m1/s1. The molecule has 1 atom stereocenters. The summed E-state index contributed by atoms with van der Waals surface area (Å²) in [4.78, 5) is 26.0. The molecular weight excluding hydrogens is 382 g/mol. The number of hydrogen-bond acceptors (Lipinski definition) is 5. The van der Waals surface area contributed by atoms with Crippen LogP contribution in [0.2, 0.25) is 0 Å². The van der Waals surface area contributed by atoms with E-state index in [4.69, 9.17) is 9.47 Å². The number of aromatic nitrogens is 2. The van der Waals surface area contributed by atoms with Crippen molar-refractivity contribution in [2.45, 2.75) is 33.4 Å². The summed E-state index contributed by atoms with van der Waals surface area (Å²) in [6.45, 7) is 6.30. The Balaban J connectivity index is 2.01. The molecular formula is C23H27N3O4. The summed E-state index contributed by atoms with van der Waals surface area (Å²) in [5.41, 5.74) is 0.808. The Morgan fingerprint density at radius 2 is 1.77 bits per heavy atom. The highest BCUT2D eigenvalue weighted by Gasteiger charge is 2.21. The molecule has 0 spiro atoms. The van der Waals surface area contributed by atoms with Crippen LogP contribution in [0.5, 0.6) is 11.5 Å². The van der Waals surface area contributed by atoms with Crippen molar-refractivity contribution < 1.29 is 14.3 Å². The molecule has 0 bridgehead atoms. The van der Waals surface area contributed by atoms with E-state index in [1.165, 1.54) is 4.68 Å². The second-order valence-corrected chi connectivity index (χ2v) is 7.58. The van der Waals surface area contributed by atoms with Gasteiger partial charge in [0, 0.05) is 17.5 Å². The molecule has 3 aromatic rings. The minimum absolute atomic E-state index is 0.196. The molecule has 0 aliphatic carbocycles. The molecule has 0 fully saturated rings. The Kier molecular flexibility index (Phi) is 6.40. The fourth-order valence-corrected chi connectivity index (χ4v) is 3.39. The molecule has 0 radical (unpaired) electrons. The third-order valence-electron chi connectivity index (χ3n) is 4.87. The Bertz CT molecular complexity index is 1120. The average Bonchev–Trinajstić information content (AvgIpc) is 2.74. The van der Waals surface area contributed by atoms with Crippen molar-refractivity contribution in [2.24, 2.45) is 5.92 Å². The molecule has 1 N–H and O–H groups in total. The lowest BCUT2D eigenvalue weighted by Gasteiger charge is -2.19. The van der Waals surface area contributed by atoms with Crippen LogP contribution in [-0.4, -0.2) is 29.9 Å². The third kappa shape index (κ3) is 4.30. The molecule has 0 saturated carbocycles. The van der Waals surface area contributed by atoms with Crippen LogP contribution in [0.25, 0.3) is 10.8 Å². The van der Waals surface area contributed by atoms with Crippen LogP contribution in [0.15, 0.2) is 47.3 Å². The predicted octanol–water partition coefficient (Wildman–Crippen LogP) is 3.56. The van der Waals surface area contributed by atoms with Crippen molar-refractivity contribution in [3.8, 4) is 11.5 Å². The Labute approximate surface area is 175 Å². The number of fused-ring (bicyclic) bond motifs is 1. The van der Waals surface area contributed by atoms with E-state index in [1.807, 2.05) is 26.8 Å². The summed E-state index contributed by atoms with van der Waals surface area (Å²) in [5, 5.41) is 8.39. The molecule has 0 aliphatic heterocycles. The van der Waals surface area contributed by atoms with Gasteiger partial charge in [-0.2, -0.15) is 5.10 Å².